The Bertz CT molecular complexity index is 452. The minimum absolute atomic E-state index is 0.263. The number of rotatable bonds is 7. The van der Waals surface area contributed by atoms with E-state index in [1.54, 1.807) is 17.0 Å². The molecule has 5 nitrogen and oxygen atoms in total. The Morgan fingerprint density at radius 3 is 2.41 bits per heavy atom. The van der Waals surface area contributed by atoms with Gasteiger partial charge in [0.1, 0.15) is 11.4 Å². The molecule has 0 saturated carbocycles. The first-order chi connectivity index (χ1) is 10.3. The maximum atomic E-state index is 12.1. The van der Waals surface area contributed by atoms with Crippen molar-refractivity contribution in [2.75, 3.05) is 19.6 Å². The largest absolute Gasteiger partial charge is 0.508 e. The monoisotopic (exact) mass is 308 g/mol. The van der Waals surface area contributed by atoms with Crippen LogP contribution < -0.4 is 5.32 Å². The third kappa shape index (κ3) is 7.31. The van der Waals surface area contributed by atoms with Crippen LogP contribution in [-0.2, 0) is 11.3 Å². The van der Waals surface area contributed by atoms with E-state index in [9.17, 15) is 9.90 Å². The van der Waals surface area contributed by atoms with E-state index < -0.39 is 5.60 Å². The van der Waals surface area contributed by atoms with E-state index in [4.69, 9.17) is 4.74 Å². The zero-order chi connectivity index (χ0) is 16.6. The zero-order valence-corrected chi connectivity index (χ0v) is 14.1. The Hall–Kier alpha value is -1.75. The summed E-state index contributed by atoms with van der Waals surface area (Å²) in [6, 6.07) is 7.09. The van der Waals surface area contributed by atoms with Crippen LogP contribution in [0.4, 0.5) is 4.79 Å². The lowest BCUT2D eigenvalue weighted by atomic mass is 10.2. The predicted molar refractivity (Wildman–Crippen MR) is 87.9 cm³/mol. The van der Waals surface area contributed by atoms with Gasteiger partial charge in [-0.15, -0.1) is 0 Å². The molecule has 0 aliphatic carbocycles. The number of ether oxygens (including phenoxy) is 1. The molecule has 5 heteroatoms. The molecule has 0 atom stereocenters. The summed E-state index contributed by atoms with van der Waals surface area (Å²) in [7, 11) is 0. The van der Waals surface area contributed by atoms with Gasteiger partial charge in [-0.3, -0.25) is 0 Å². The molecule has 0 unspecified atom stereocenters. The molecule has 0 aromatic heterocycles. The van der Waals surface area contributed by atoms with Crippen LogP contribution in [0.1, 0.15) is 39.7 Å². The number of phenols is 1. The van der Waals surface area contributed by atoms with Crippen LogP contribution in [-0.4, -0.2) is 41.3 Å². The Kier molecular flexibility index (Phi) is 7.18. The lowest BCUT2D eigenvalue weighted by Gasteiger charge is -2.27. The summed E-state index contributed by atoms with van der Waals surface area (Å²) in [5.74, 6) is 0.266. The Morgan fingerprint density at radius 2 is 1.86 bits per heavy atom. The van der Waals surface area contributed by atoms with Crippen LogP contribution >= 0.6 is 0 Å². The van der Waals surface area contributed by atoms with E-state index in [-0.39, 0.29) is 11.8 Å². The van der Waals surface area contributed by atoms with Gasteiger partial charge in [0.05, 0.1) is 0 Å². The number of phenolic OH excluding ortho intramolecular Hbond substituents is 1. The van der Waals surface area contributed by atoms with Gasteiger partial charge < -0.3 is 20.1 Å². The summed E-state index contributed by atoms with van der Waals surface area (Å²) in [4.78, 5) is 13.8. The van der Waals surface area contributed by atoms with Gasteiger partial charge in [-0.05, 0) is 44.9 Å². The predicted octanol–water partition coefficient (Wildman–Crippen LogP) is 3.13. The summed E-state index contributed by atoms with van der Waals surface area (Å²) < 4.78 is 5.41. The minimum Gasteiger partial charge on any atom is -0.508 e. The highest BCUT2D eigenvalue weighted by molar-refractivity contribution is 5.68. The molecule has 0 fully saturated rings. The molecule has 1 aromatic carbocycles. The van der Waals surface area contributed by atoms with Crippen LogP contribution in [0.2, 0.25) is 0 Å². The van der Waals surface area contributed by atoms with Crippen molar-refractivity contribution in [3.05, 3.63) is 29.8 Å². The van der Waals surface area contributed by atoms with Crippen molar-refractivity contribution in [1.29, 1.82) is 0 Å². The summed E-state index contributed by atoms with van der Waals surface area (Å²) >= 11 is 0. The molecule has 2 N–H and O–H groups in total. The molecule has 0 radical (unpaired) electrons. The molecular formula is C17H28N2O3. The van der Waals surface area contributed by atoms with Crippen molar-refractivity contribution in [2.24, 2.45) is 0 Å². The van der Waals surface area contributed by atoms with E-state index >= 15 is 0 Å². The van der Waals surface area contributed by atoms with Crippen LogP contribution in [0.15, 0.2) is 24.3 Å². The number of nitrogens with zero attached hydrogens (tertiary/aromatic N) is 1. The molecule has 22 heavy (non-hydrogen) atoms. The molecule has 0 saturated heterocycles. The normalized spacial score (nSPS) is 11.3. The number of carbonyl (C=O) groups is 1. The van der Waals surface area contributed by atoms with Gasteiger partial charge in [0.15, 0.2) is 0 Å². The van der Waals surface area contributed by atoms with Gasteiger partial charge in [-0.25, -0.2) is 4.79 Å². The van der Waals surface area contributed by atoms with E-state index in [2.05, 4.69) is 5.32 Å². The molecule has 0 bridgehead atoms. The first-order valence-electron chi connectivity index (χ1n) is 7.78. The lowest BCUT2D eigenvalue weighted by molar-refractivity contribution is 0.0252. The van der Waals surface area contributed by atoms with E-state index in [0.717, 1.165) is 12.0 Å². The van der Waals surface area contributed by atoms with Crippen molar-refractivity contribution in [3.8, 4) is 5.75 Å². The molecule has 0 aliphatic rings. The summed E-state index contributed by atoms with van der Waals surface area (Å²) in [6.45, 7) is 10.4. The van der Waals surface area contributed by atoms with Crippen LogP contribution in [0.3, 0.4) is 0 Å². The van der Waals surface area contributed by atoms with Gasteiger partial charge in [-0.1, -0.05) is 19.1 Å². The third-order valence-electron chi connectivity index (χ3n) is 2.97. The number of aromatic hydroxyl groups is 1. The number of carbonyl (C=O) groups excluding carboxylic acids is 1. The lowest BCUT2D eigenvalue weighted by Crippen LogP contribution is -2.40. The van der Waals surface area contributed by atoms with Crippen molar-refractivity contribution < 1.29 is 14.6 Å². The number of hydrogen-bond acceptors (Lipinski definition) is 4. The van der Waals surface area contributed by atoms with Crippen LogP contribution in [0.25, 0.3) is 0 Å². The van der Waals surface area contributed by atoms with Crippen molar-refractivity contribution >= 4 is 6.09 Å². The highest BCUT2D eigenvalue weighted by Gasteiger charge is 2.21. The first kappa shape index (κ1) is 18.3. The van der Waals surface area contributed by atoms with Crippen LogP contribution in [0.5, 0.6) is 5.75 Å². The molecule has 124 valence electrons. The highest BCUT2D eigenvalue weighted by atomic mass is 16.6. The van der Waals surface area contributed by atoms with Gasteiger partial charge in [0, 0.05) is 26.2 Å². The second-order valence-corrected chi connectivity index (χ2v) is 6.31. The SMILES string of the molecule is CCCN(CCNCc1ccc(O)cc1)C(=O)OC(C)(C)C. The fourth-order valence-electron chi connectivity index (χ4n) is 1.95. The molecule has 0 aliphatic heterocycles. The second kappa shape index (κ2) is 8.63. The van der Waals surface area contributed by atoms with Crippen molar-refractivity contribution in [2.45, 2.75) is 46.3 Å². The second-order valence-electron chi connectivity index (χ2n) is 6.31. The van der Waals surface area contributed by atoms with E-state index in [1.807, 2.05) is 39.8 Å². The quantitative estimate of drug-likeness (QED) is 0.760. The standard InChI is InChI=1S/C17H28N2O3/c1-5-11-19(16(21)22-17(2,3)4)12-10-18-13-14-6-8-15(20)9-7-14/h6-9,18,20H,5,10-13H2,1-4H3. The van der Waals surface area contributed by atoms with Gasteiger partial charge >= 0.3 is 6.09 Å². The Morgan fingerprint density at radius 1 is 1.23 bits per heavy atom. The van der Waals surface area contributed by atoms with Gasteiger partial charge in [0.25, 0.3) is 0 Å². The average Bonchev–Trinajstić information content (AvgIpc) is 2.42. The molecule has 1 aromatic rings. The zero-order valence-electron chi connectivity index (χ0n) is 14.1. The fourth-order valence-corrected chi connectivity index (χ4v) is 1.95. The van der Waals surface area contributed by atoms with Gasteiger partial charge in [0.2, 0.25) is 0 Å². The summed E-state index contributed by atoms with van der Waals surface area (Å²) in [5.41, 5.74) is 0.625. The van der Waals surface area contributed by atoms with Crippen LogP contribution in [0, 0.1) is 0 Å². The van der Waals surface area contributed by atoms with E-state index in [0.29, 0.717) is 26.2 Å². The average molecular weight is 308 g/mol. The number of nitrogens with one attached hydrogen (secondary N) is 1. The van der Waals surface area contributed by atoms with Gasteiger partial charge in [-0.2, -0.15) is 0 Å². The number of hydrogen-bond donors (Lipinski definition) is 2. The topological polar surface area (TPSA) is 61.8 Å². The smallest absolute Gasteiger partial charge is 0.410 e. The Labute approximate surface area is 133 Å². The summed E-state index contributed by atoms with van der Waals surface area (Å²) in [5, 5.41) is 12.5. The maximum Gasteiger partial charge on any atom is 0.410 e. The molecule has 1 amide bonds. The van der Waals surface area contributed by atoms with Crippen molar-refractivity contribution in [3.63, 3.8) is 0 Å². The van der Waals surface area contributed by atoms with Crippen molar-refractivity contribution in [1.82, 2.24) is 10.2 Å². The molecular weight excluding hydrogens is 280 g/mol. The fraction of sp³-hybridized carbons (Fsp3) is 0.588. The number of amides is 1. The minimum atomic E-state index is -0.470. The molecule has 1 rings (SSSR count). The maximum absolute atomic E-state index is 12.1. The number of benzene rings is 1. The molecule has 0 heterocycles. The first-order valence-corrected chi connectivity index (χ1v) is 7.78. The third-order valence-corrected chi connectivity index (χ3v) is 2.97. The Balaban J connectivity index is 2.37. The molecule has 0 spiro atoms. The summed E-state index contributed by atoms with van der Waals surface area (Å²) in [6.07, 6.45) is 0.637. The highest BCUT2D eigenvalue weighted by Crippen LogP contribution is 2.11. The van der Waals surface area contributed by atoms with E-state index in [1.165, 1.54) is 0 Å².